The number of hydrogen-bond acceptors (Lipinski definition) is 4. The fraction of sp³-hybridized carbons (Fsp3) is 0.435. The second kappa shape index (κ2) is 10.0. The fourth-order valence-electron chi connectivity index (χ4n) is 4.10. The zero-order valence-corrected chi connectivity index (χ0v) is 17.3. The number of cyclic esters (lactones) is 1. The summed E-state index contributed by atoms with van der Waals surface area (Å²) in [7, 11) is 0. The molecule has 2 aromatic carbocycles. The molecule has 0 saturated carbocycles. The molecule has 5 nitrogen and oxygen atoms in total. The summed E-state index contributed by atoms with van der Waals surface area (Å²) in [6.07, 6.45) is 1.43. The molecular weight excluding hydrogens is 411 g/mol. The number of halogens is 3. The minimum Gasteiger partial charge on any atom is -0.438 e. The third kappa shape index (κ3) is 5.31. The van der Waals surface area contributed by atoms with Gasteiger partial charge >= 0.3 is 12.7 Å². The van der Waals surface area contributed by atoms with Crippen molar-refractivity contribution < 1.29 is 32.5 Å². The number of alkyl halides is 2. The van der Waals surface area contributed by atoms with Crippen LogP contribution in [0, 0.1) is 5.82 Å². The van der Waals surface area contributed by atoms with Gasteiger partial charge in [-0.1, -0.05) is 31.2 Å². The summed E-state index contributed by atoms with van der Waals surface area (Å²) in [5, 5.41) is 9.30. The number of carbonyl (C=O) groups excluding carboxylic acids is 1. The molecule has 1 aliphatic rings. The summed E-state index contributed by atoms with van der Waals surface area (Å²) in [6.45, 7) is -0.622. The number of hydrogen-bond donors (Lipinski definition) is 1. The molecule has 1 unspecified atom stereocenters. The van der Waals surface area contributed by atoms with Crippen molar-refractivity contribution in [1.82, 2.24) is 4.90 Å². The normalized spacial score (nSPS) is 19.9. The Morgan fingerprint density at radius 1 is 1.16 bits per heavy atom. The van der Waals surface area contributed by atoms with Gasteiger partial charge in [0.05, 0.1) is 6.04 Å². The molecule has 0 aromatic heterocycles. The van der Waals surface area contributed by atoms with E-state index < -0.39 is 18.3 Å². The minimum atomic E-state index is -2.90. The summed E-state index contributed by atoms with van der Waals surface area (Å²) in [4.78, 5) is 14.7. The summed E-state index contributed by atoms with van der Waals surface area (Å²) >= 11 is 0. The van der Waals surface area contributed by atoms with E-state index in [0.29, 0.717) is 37.8 Å². The lowest BCUT2D eigenvalue weighted by Crippen LogP contribution is -2.49. The first-order valence-electron chi connectivity index (χ1n) is 10.3. The van der Waals surface area contributed by atoms with E-state index in [1.54, 1.807) is 29.2 Å². The maximum absolute atomic E-state index is 13.4. The lowest BCUT2D eigenvalue weighted by Gasteiger charge is -2.44. The highest BCUT2D eigenvalue weighted by molar-refractivity contribution is 5.70. The predicted molar refractivity (Wildman–Crippen MR) is 108 cm³/mol. The third-order valence-corrected chi connectivity index (χ3v) is 5.64. The van der Waals surface area contributed by atoms with E-state index in [0.717, 1.165) is 5.56 Å². The Bertz CT molecular complexity index is 860. The monoisotopic (exact) mass is 437 g/mol. The standard InChI is InChI=1S/C23H26F3NO4/c1-2-20(16-4-10-19(11-5-16)30-21(25)26)27-14-13-23(12-3-15-28,31-22(27)29)17-6-8-18(24)9-7-17/h4-11,20-21,28H,2-3,12-15H2,1H3/t20-,23?/m0/s1. The van der Waals surface area contributed by atoms with Crippen molar-refractivity contribution in [3.05, 3.63) is 65.5 Å². The van der Waals surface area contributed by atoms with Gasteiger partial charge in [0.15, 0.2) is 0 Å². The van der Waals surface area contributed by atoms with Crippen molar-refractivity contribution in [2.24, 2.45) is 0 Å². The van der Waals surface area contributed by atoms with Crippen LogP contribution >= 0.6 is 0 Å². The molecule has 168 valence electrons. The van der Waals surface area contributed by atoms with Gasteiger partial charge in [-0.3, -0.25) is 0 Å². The van der Waals surface area contributed by atoms with E-state index in [-0.39, 0.29) is 24.2 Å². The Labute approximate surface area is 179 Å². The van der Waals surface area contributed by atoms with Gasteiger partial charge in [0.2, 0.25) is 0 Å². The molecule has 0 aliphatic carbocycles. The molecule has 1 saturated heterocycles. The Balaban J connectivity index is 1.80. The van der Waals surface area contributed by atoms with Crippen LogP contribution in [0.5, 0.6) is 5.75 Å². The number of benzene rings is 2. The highest BCUT2D eigenvalue weighted by Gasteiger charge is 2.43. The van der Waals surface area contributed by atoms with Gasteiger partial charge in [-0.05, 0) is 54.7 Å². The van der Waals surface area contributed by atoms with Crippen molar-refractivity contribution in [2.75, 3.05) is 13.2 Å². The molecule has 1 N–H and O–H groups in total. The molecule has 0 spiro atoms. The first-order valence-corrected chi connectivity index (χ1v) is 10.3. The highest BCUT2D eigenvalue weighted by Crippen LogP contribution is 2.41. The maximum Gasteiger partial charge on any atom is 0.411 e. The lowest BCUT2D eigenvalue weighted by atomic mass is 9.84. The second-order valence-electron chi connectivity index (χ2n) is 7.51. The van der Waals surface area contributed by atoms with E-state index in [9.17, 15) is 23.1 Å². The molecule has 1 aliphatic heterocycles. The van der Waals surface area contributed by atoms with Crippen LogP contribution in [0.3, 0.4) is 0 Å². The van der Waals surface area contributed by atoms with Crippen LogP contribution in [-0.2, 0) is 10.3 Å². The largest absolute Gasteiger partial charge is 0.438 e. The van der Waals surface area contributed by atoms with Crippen LogP contribution < -0.4 is 4.74 Å². The number of rotatable bonds is 9. The smallest absolute Gasteiger partial charge is 0.411 e. The zero-order valence-electron chi connectivity index (χ0n) is 17.3. The average Bonchev–Trinajstić information content (AvgIpc) is 2.75. The molecule has 0 radical (unpaired) electrons. The Morgan fingerprint density at radius 3 is 2.39 bits per heavy atom. The van der Waals surface area contributed by atoms with E-state index in [2.05, 4.69) is 4.74 Å². The van der Waals surface area contributed by atoms with Gasteiger partial charge in [-0.25, -0.2) is 9.18 Å². The molecule has 1 heterocycles. The number of amides is 1. The highest BCUT2D eigenvalue weighted by atomic mass is 19.3. The lowest BCUT2D eigenvalue weighted by molar-refractivity contribution is -0.0697. The number of ether oxygens (including phenoxy) is 2. The van der Waals surface area contributed by atoms with Gasteiger partial charge in [0.1, 0.15) is 17.2 Å². The average molecular weight is 437 g/mol. The molecule has 1 fully saturated rings. The molecule has 2 aromatic rings. The van der Waals surface area contributed by atoms with Crippen LogP contribution in [-0.4, -0.2) is 35.9 Å². The van der Waals surface area contributed by atoms with Crippen LogP contribution in [0.4, 0.5) is 18.0 Å². The predicted octanol–water partition coefficient (Wildman–Crippen LogP) is 5.39. The van der Waals surface area contributed by atoms with Crippen LogP contribution in [0.1, 0.15) is 49.8 Å². The van der Waals surface area contributed by atoms with Gasteiger partial charge in [-0.15, -0.1) is 0 Å². The first kappa shape index (κ1) is 22.9. The van der Waals surface area contributed by atoms with Gasteiger partial charge in [-0.2, -0.15) is 8.78 Å². The molecule has 31 heavy (non-hydrogen) atoms. The number of nitrogens with zero attached hydrogens (tertiary/aromatic N) is 1. The van der Waals surface area contributed by atoms with Gasteiger partial charge in [0.25, 0.3) is 0 Å². The second-order valence-corrected chi connectivity index (χ2v) is 7.51. The topological polar surface area (TPSA) is 59.0 Å². The van der Waals surface area contributed by atoms with Crippen molar-refractivity contribution in [3.63, 3.8) is 0 Å². The maximum atomic E-state index is 13.4. The third-order valence-electron chi connectivity index (χ3n) is 5.64. The van der Waals surface area contributed by atoms with Crippen LogP contribution in [0.25, 0.3) is 0 Å². The summed E-state index contributed by atoms with van der Waals surface area (Å²) in [5.74, 6) is -0.329. The molecule has 2 atom stereocenters. The van der Waals surface area contributed by atoms with E-state index in [1.165, 1.54) is 24.3 Å². The molecular formula is C23H26F3NO4. The van der Waals surface area contributed by atoms with Gasteiger partial charge in [0, 0.05) is 19.6 Å². The van der Waals surface area contributed by atoms with Crippen molar-refractivity contribution in [1.29, 1.82) is 0 Å². The summed E-state index contributed by atoms with van der Waals surface area (Å²) < 4.78 is 48.5. The quantitative estimate of drug-likeness (QED) is 0.572. The Hall–Kier alpha value is -2.74. The zero-order chi connectivity index (χ0) is 22.4. The summed E-state index contributed by atoms with van der Waals surface area (Å²) in [5.41, 5.74) is 0.541. The fourth-order valence-corrected chi connectivity index (χ4v) is 4.10. The minimum absolute atomic E-state index is 0.0468. The summed E-state index contributed by atoms with van der Waals surface area (Å²) in [6, 6.07) is 11.8. The molecule has 8 heteroatoms. The van der Waals surface area contributed by atoms with Crippen molar-refractivity contribution >= 4 is 6.09 Å². The van der Waals surface area contributed by atoms with Crippen molar-refractivity contribution in [2.45, 2.75) is 50.9 Å². The SMILES string of the molecule is CC[C@@H](c1ccc(OC(F)F)cc1)N1CCC(CCCO)(c2ccc(F)cc2)OC1=O. The van der Waals surface area contributed by atoms with E-state index in [1.807, 2.05) is 6.92 Å². The first-order chi connectivity index (χ1) is 14.9. The van der Waals surface area contributed by atoms with Crippen LogP contribution in [0.2, 0.25) is 0 Å². The Morgan fingerprint density at radius 2 is 1.84 bits per heavy atom. The number of aliphatic hydroxyl groups is 1. The molecule has 0 bridgehead atoms. The molecule has 1 amide bonds. The molecule has 3 rings (SSSR count). The van der Waals surface area contributed by atoms with Gasteiger partial charge < -0.3 is 19.5 Å². The van der Waals surface area contributed by atoms with Crippen molar-refractivity contribution in [3.8, 4) is 5.75 Å². The number of aliphatic hydroxyl groups excluding tert-OH is 1. The Kier molecular flexibility index (Phi) is 7.43. The number of carbonyl (C=O) groups is 1. The van der Waals surface area contributed by atoms with E-state index >= 15 is 0 Å². The van der Waals surface area contributed by atoms with E-state index in [4.69, 9.17) is 4.74 Å². The van der Waals surface area contributed by atoms with Crippen LogP contribution in [0.15, 0.2) is 48.5 Å².